The van der Waals surface area contributed by atoms with Gasteiger partial charge in [-0.2, -0.15) is 0 Å². The Hall–Kier alpha value is -4.14. The van der Waals surface area contributed by atoms with Crippen LogP contribution >= 0.6 is 0 Å². The quantitative estimate of drug-likeness (QED) is 0.205. The van der Waals surface area contributed by atoms with Gasteiger partial charge in [-0.25, -0.2) is 9.78 Å². The van der Waals surface area contributed by atoms with Crippen molar-refractivity contribution in [2.45, 2.75) is 102 Å². The van der Waals surface area contributed by atoms with Gasteiger partial charge in [0.15, 0.2) is 0 Å². The molecule has 3 aromatic rings. The van der Waals surface area contributed by atoms with Gasteiger partial charge in [-0.3, -0.25) is 0 Å². The van der Waals surface area contributed by atoms with Gasteiger partial charge < -0.3 is 29.3 Å². The third-order valence-corrected chi connectivity index (χ3v) is 13.9. The second-order valence-electron chi connectivity index (χ2n) is 16.9. The van der Waals surface area contributed by atoms with Crippen LogP contribution in [-0.2, 0) is 4.74 Å². The second kappa shape index (κ2) is 14.3. The Kier molecular flexibility index (Phi) is 9.31. The molecule has 6 atom stereocenters. The highest BCUT2D eigenvalue weighted by Crippen LogP contribution is 2.55. The van der Waals surface area contributed by atoms with Crippen LogP contribution in [0.5, 0.6) is 0 Å². The van der Waals surface area contributed by atoms with E-state index in [1.54, 1.807) is 0 Å². The van der Waals surface area contributed by atoms with Gasteiger partial charge in [0.25, 0.3) is 0 Å². The van der Waals surface area contributed by atoms with Crippen molar-refractivity contribution in [3.05, 3.63) is 108 Å². The molecule has 2 aromatic carbocycles. The summed E-state index contributed by atoms with van der Waals surface area (Å²) in [5.41, 5.74) is 6.58. The highest BCUT2D eigenvalue weighted by Gasteiger charge is 2.54. The van der Waals surface area contributed by atoms with Crippen molar-refractivity contribution < 1.29 is 19.7 Å². The number of benzene rings is 2. The maximum absolute atomic E-state index is 13.5. The number of hydrogen-bond donors (Lipinski definition) is 2. The minimum absolute atomic E-state index is 0.0199. The summed E-state index contributed by atoms with van der Waals surface area (Å²) in [6, 6.07) is 16.5. The molecule has 278 valence electrons. The minimum Gasteiger partial charge on any atom is -0.458 e. The number of rotatable bonds is 10. The fourth-order valence-corrected chi connectivity index (χ4v) is 10.8. The van der Waals surface area contributed by atoms with E-state index in [1.165, 1.54) is 36.1 Å². The van der Waals surface area contributed by atoms with Crippen LogP contribution in [0.4, 0.5) is 5.69 Å². The molecule has 1 saturated heterocycles. The number of imidazole rings is 1. The van der Waals surface area contributed by atoms with E-state index >= 15 is 0 Å². The number of hydrogen-bond acceptors (Lipinski definition) is 7. The lowest BCUT2D eigenvalue weighted by molar-refractivity contribution is 0.00159. The molecule has 9 rings (SSSR count). The van der Waals surface area contributed by atoms with E-state index in [2.05, 4.69) is 75.0 Å². The van der Waals surface area contributed by atoms with Crippen molar-refractivity contribution >= 4 is 11.7 Å². The first-order valence-corrected chi connectivity index (χ1v) is 20.2. The van der Waals surface area contributed by atoms with Crippen LogP contribution in [0.15, 0.2) is 97.3 Å². The first kappa shape index (κ1) is 34.6. The van der Waals surface area contributed by atoms with Gasteiger partial charge >= 0.3 is 5.97 Å². The molecule has 4 heterocycles. The summed E-state index contributed by atoms with van der Waals surface area (Å²) in [6.07, 6.45) is 26.0. The zero-order valence-corrected chi connectivity index (χ0v) is 31.0. The van der Waals surface area contributed by atoms with Crippen molar-refractivity contribution in [1.82, 2.24) is 14.5 Å². The van der Waals surface area contributed by atoms with Crippen LogP contribution < -0.4 is 4.90 Å². The lowest BCUT2D eigenvalue weighted by atomic mass is 9.69. The molecule has 2 N–H and O–H groups in total. The van der Waals surface area contributed by atoms with E-state index in [-0.39, 0.29) is 48.2 Å². The summed E-state index contributed by atoms with van der Waals surface area (Å²) in [4.78, 5) is 23.0. The zero-order chi connectivity index (χ0) is 36.1. The third kappa shape index (κ3) is 6.25. The average molecular weight is 715 g/mol. The van der Waals surface area contributed by atoms with E-state index in [4.69, 9.17) is 4.74 Å². The number of aliphatic hydroxyl groups excluding tert-OH is 2. The number of aliphatic hydroxyl groups is 2. The molecule has 8 nitrogen and oxygen atoms in total. The minimum atomic E-state index is -0.359. The Morgan fingerprint density at radius 2 is 1.79 bits per heavy atom. The molecule has 0 radical (unpaired) electrons. The lowest BCUT2D eigenvalue weighted by Gasteiger charge is -2.40. The monoisotopic (exact) mass is 714 g/mol. The molecular weight excluding hydrogens is 661 g/mol. The van der Waals surface area contributed by atoms with Crippen molar-refractivity contribution in [1.29, 1.82) is 0 Å². The number of anilines is 1. The molecule has 3 aliphatic carbocycles. The number of carbonyl (C=O) groups is 1. The Labute approximate surface area is 313 Å². The van der Waals surface area contributed by atoms with E-state index in [9.17, 15) is 15.0 Å². The van der Waals surface area contributed by atoms with Crippen molar-refractivity contribution in [3.8, 4) is 11.3 Å². The highest BCUT2D eigenvalue weighted by molar-refractivity contribution is 5.89. The van der Waals surface area contributed by atoms with Crippen molar-refractivity contribution in [2.24, 2.45) is 29.1 Å². The highest BCUT2D eigenvalue weighted by atomic mass is 16.5. The molecule has 0 bridgehead atoms. The summed E-state index contributed by atoms with van der Waals surface area (Å²) in [5, 5.41) is 21.4. The van der Waals surface area contributed by atoms with Crippen LogP contribution in [0.3, 0.4) is 0 Å². The van der Waals surface area contributed by atoms with Crippen LogP contribution in [-0.4, -0.2) is 62.2 Å². The number of aromatic nitrogens is 2. The summed E-state index contributed by atoms with van der Waals surface area (Å²) in [7, 11) is 0. The van der Waals surface area contributed by atoms with E-state index < -0.39 is 0 Å². The number of esters is 1. The molecule has 3 fully saturated rings. The molecule has 8 heteroatoms. The van der Waals surface area contributed by atoms with Crippen LogP contribution in [0, 0.1) is 29.1 Å². The van der Waals surface area contributed by atoms with Gasteiger partial charge in [0.1, 0.15) is 6.10 Å². The first-order chi connectivity index (χ1) is 25.9. The normalized spacial score (nSPS) is 30.0. The van der Waals surface area contributed by atoms with E-state index in [1.807, 2.05) is 42.9 Å². The SMILES string of the molecule is CC12C=CC=CC1C1=CN(c3ccc4c(c3)C(CC(OC(=O)c3ccccc3)C3CCCCC3)n3cncc3-4)CN1C2CC(O)C1CCC(CO)CC1. The molecule has 3 aliphatic heterocycles. The Balaban J connectivity index is 0.986. The first-order valence-electron chi connectivity index (χ1n) is 20.2. The number of carbonyl (C=O) groups excluding carboxylic acids is 1. The number of allylic oxidation sites excluding steroid dienone is 3. The van der Waals surface area contributed by atoms with Gasteiger partial charge in [-0.1, -0.05) is 74.8 Å². The number of fused-ring (bicyclic) bond motifs is 6. The zero-order valence-electron chi connectivity index (χ0n) is 31.0. The molecule has 0 spiro atoms. The van der Waals surface area contributed by atoms with Gasteiger partial charge in [-0.05, 0) is 92.5 Å². The van der Waals surface area contributed by atoms with Crippen molar-refractivity contribution in [2.75, 3.05) is 18.2 Å². The van der Waals surface area contributed by atoms with Gasteiger partial charge in [-0.15, -0.1) is 0 Å². The van der Waals surface area contributed by atoms with Crippen LogP contribution in [0.25, 0.3) is 11.3 Å². The molecule has 53 heavy (non-hydrogen) atoms. The fourth-order valence-electron chi connectivity index (χ4n) is 10.8. The largest absolute Gasteiger partial charge is 0.458 e. The maximum atomic E-state index is 13.5. The van der Waals surface area contributed by atoms with Gasteiger partial charge in [0.2, 0.25) is 0 Å². The maximum Gasteiger partial charge on any atom is 0.338 e. The lowest BCUT2D eigenvalue weighted by Crippen LogP contribution is -2.44. The Morgan fingerprint density at radius 1 is 0.981 bits per heavy atom. The average Bonchev–Trinajstić information content (AvgIpc) is 3.97. The third-order valence-electron chi connectivity index (χ3n) is 13.9. The van der Waals surface area contributed by atoms with Crippen molar-refractivity contribution in [3.63, 3.8) is 0 Å². The Morgan fingerprint density at radius 3 is 2.58 bits per heavy atom. The van der Waals surface area contributed by atoms with Crippen LogP contribution in [0.2, 0.25) is 0 Å². The van der Waals surface area contributed by atoms with Gasteiger partial charge in [0.05, 0.1) is 42.6 Å². The van der Waals surface area contributed by atoms with E-state index in [0.29, 0.717) is 29.7 Å². The Bertz CT molecular complexity index is 1890. The smallest absolute Gasteiger partial charge is 0.338 e. The van der Waals surface area contributed by atoms with Crippen LogP contribution in [0.1, 0.15) is 99.5 Å². The molecule has 6 unspecified atom stereocenters. The van der Waals surface area contributed by atoms with E-state index in [0.717, 1.165) is 63.0 Å². The number of nitrogens with zero attached hydrogens (tertiary/aromatic N) is 4. The standard InChI is InChI=1S/C45H54N4O4/c1-45-21-9-8-14-37(45)40-26-47(29-49(40)43(45)24-41(51)31-17-15-30(27-50)16-18-31)34-19-20-35-36(22-34)38(48-28-46-25-39(35)48)23-42(32-10-4-2-5-11-32)53-44(52)33-12-6-3-7-13-33/h3,6-9,12-14,19-22,25-26,28,30-32,37-38,41-43,50-51H,2,4-5,10-11,15-18,23-24,27,29H2,1H3. The second-order valence-corrected chi connectivity index (χ2v) is 16.9. The molecule has 1 aromatic heterocycles. The predicted octanol–water partition coefficient (Wildman–Crippen LogP) is 8.25. The fraction of sp³-hybridized carbons (Fsp3) is 0.511. The molecular formula is C45H54N4O4. The topological polar surface area (TPSA) is 91.1 Å². The molecule has 0 amide bonds. The predicted molar refractivity (Wildman–Crippen MR) is 207 cm³/mol. The number of ether oxygens (including phenoxy) is 1. The molecule has 6 aliphatic rings. The van der Waals surface area contributed by atoms with Gasteiger partial charge in [0, 0.05) is 53.6 Å². The summed E-state index contributed by atoms with van der Waals surface area (Å²) in [5.74, 6) is 1.04. The summed E-state index contributed by atoms with van der Waals surface area (Å²) >= 11 is 0. The summed E-state index contributed by atoms with van der Waals surface area (Å²) in [6.45, 7) is 3.38. The molecule has 2 saturated carbocycles. The summed E-state index contributed by atoms with van der Waals surface area (Å²) < 4.78 is 8.73.